The molecular weight excluding hydrogens is 577 g/mol. The van der Waals surface area contributed by atoms with Gasteiger partial charge >= 0.3 is 6.18 Å². The second-order valence-corrected chi connectivity index (χ2v) is 10.6. The van der Waals surface area contributed by atoms with Crippen LogP contribution in [-0.4, -0.2) is 17.6 Å². The Balaban J connectivity index is 1.60. The molecule has 0 saturated heterocycles. The van der Waals surface area contributed by atoms with Gasteiger partial charge in [0.15, 0.2) is 0 Å². The number of allylic oxidation sites excluding steroid dienone is 2. The number of benzene rings is 2. The average Bonchev–Trinajstić information content (AvgIpc) is 3.44. The number of nitrogens with one attached hydrogen (secondary N) is 3. The van der Waals surface area contributed by atoms with E-state index in [1.807, 2.05) is 26.0 Å². The minimum Gasteiger partial charge on any atom is -0.468 e. The van der Waals surface area contributed by atoms with Crippen LogP contribution in [-0.2, 0) is 15.8 Å². The van der Waals surface area contributed by atoms with Crippen molar-refractivity contribution in [1.29, 1.82) is 5.26 Å². The average molecular weight is 601 g/mol. The van der Waals surface area contributed by atoms with Crippen molar-refractivity contribution in [3.8, 4) is 6.07 Å². The first-order chi connectivity index (χ1) is 19.4. The van der Waals surface area contributed by atoms with Crippen molar-refractivity contribution in [3.63, 3.8) is 0 Å². The van der Waals surface area contributed by atoms with Gasteiger partial charge in [0.25, 0.3) is 5.91 Å². The topological polar surface area (TPSA) is 107 Å². The van der Waals surface area contributed by atoms with Gasteiger partial charge in [0.1, 0.15) is 5.76 Å². The van der Waals surface area contributed by atoms with E-state index in [1.54, 1.807) is 25.1 Å². The number of anilines is 2. The minimum atomic E-state index is -4.64. The van der Waals surface area contributed by atoms with E-state index in [2.05, 4.69) is 22.0 Å². The molecule has 0 fully saturated rings. The number of carbonyl (C=O) groups excluding carboxylic acids is 2. The minimum absolute atomic E-state index is 0.0417. The van der Waals surface area contributed by atoms with E-state index in [0.29, 0.717) is 16.4 Å². The zero-order valence-electron chi connectivity index (χ0n) is 22.1. The summed E-state index contributed by atoms with van der Waals surface area (Å²) in [7, 11) is 0. The number of alkyl halides is 3. The molecule has 2 amide bonds. The van der Waals surface area contributed by atoms with Crippen LogP contribution in [0.5, 0.6) is 0 Å². The highest BCUT2D eigenvalue weighted by Crippen LogP contribution is 2.42. The number of hydrogen-bond acceptors (Lipinski definition) is 6. The normalized spacial score (nSPS) is 15.3. The largest absolute Gasteiger partial charge is 0.468 e. The molecule has 0 bridgehead atoms. The molecule has 0 unspecified atom stereocenters. The predicted octanol–water partition coefficient (Wildman–Crippen LogP) is 7.28. The molecule has 12 heteroatoms. The van der Waals surface area contributed by atoms with Gasteiger partial charge in [0.05, 0.1) is 56.5 Å². The molecule has 2 aromatic carbocycles. The molecule has 3 N–H and O–H groups in total. The maximum atomic E-state index is 13.5. The first-order valence-electron chi connectivity index (χ1n) is 12.2. The lowest BCUT2D eigenvalue weighted by molar-refractivity contribution is -0.137. The number of amides is 2. The van der Waals surface area contributed by atoms with E-state index in [4.69, 9.17) is 16.0 Å². The molecule has 0 saturated carbocycles. The smallest absolute Gasteiger partial charge is 0.416 e. The Morgan fingerprint density at radius 1 is 1.10 bits per heavy atom. The fraction of sp³-hybridized carbons (Fsp3) is 0.207. The van der Waals surface area contributed by atoms with E-state index < -0.39 is 23.6 Å². The first-order valence-corrected chi connectivity index (χ1v) is 13.6. The quantitative estimate of drug-likeness (QED) is 0.263. The molecule has 4 rings (SSSR count). The third-order valence-corrected chi connectivity index (χ3v) is 7.75. The van der Waals surface area contributed by atoms with Gasteiger partial charge in [-0.1, -0.05) is 29.4 Å². The number of nitriles is 1. The third-order valence-electron chi connectivity index (χ3n) is 6.40. The van der Waals surface area contributed by atoms with E-state index in [9.17, 15) is 28.0 Å². The van der Waals surface area contributed by atoms with Crippen LogP contribution in [0.2, 0.25) is 5.02 Å². The van der Waals surface area contributed by atoms with Crippen LogP contribution in [0.15, 0.2) is 81.1 Å². The number of dihydropyridines is 1. The number of halogens is 4. The lowest BCUT2D eigenvalue weighted by atomic mass is 9.85. The number of nitrogens with zero attached hydrogens (tertiary/aromatic N) is 1. The van der Waals surface area contributed by atoms with Gasteiger partial charge in [0.2, 0.25) is 5.91 Å². The van der Waals surface area contributed by atoms with Gasteiger partial charge < -0.3 is 20.4 Å². The predicted molar refractivity (Wildman–Crippen MR) is 152 cm³/mol. The van der Waals surface area contributed by atoms with Crippen molar-refractivity contribution in [2.45, 2.75) is 32.9 Å². The Morgan fingerprint density at radius 2 is 1.85 bits per heavy atom. The summed E-state index contributed by atoms with van der Waals surface area (Å²) < 4.78 is 45.4. The maximum absolute atomic E-state index is 13.5. The maximum Gasteiger partial charge on any atom is 0.416 e. The van der Waals surface area contributed by atoms with Crippen molar-refractivity contribution >= 4 is 46.6 Å². The second kappa shape index (κ2) is 12.2. The van der Waals surface area contributed by atoms with E-state index in [1.165, 1.54) is 6.26 Å². The van der Waals surface area contributed by atoms with Gasteiger partial charge in [-0.25, -0.2) is 0 Å². The van der Waals surface area contributed by atoms with Crippen LogP contribution in [0, 0.1) is 25.2 Å². The number of aryl methyl sites for hydroxylation is 2. The molecule has 0 spiro atoms. The summed E-state index contributed by atoms with van der Waals surface area (Å²) in [6.45, 7) is 5.49. The van der Waals surface area contributed by atoms with E-state index in [0.717, 1.165) is 41.1 Å². The molecule has 41 heavy (non-hydrogen) atoms. The van der Waals surface area contributed by atoms with Gasteiger partial charge in [-0.3, -0.25) is 9.59 Å². The third kappa shape index (κ3) is 6.78. The number of furan rings is 1. The van der Waals surface area contributed by atoms with Crippen molar-refractivity contribution in [2.24, 2.45) is 0 Å². The summed E-state index contributed by atoms with van der Waals surface area (Å²) in [6, 6.07) is 13.4. The van der Waals surface area contributed by atoms with Gasteiger partial charge in [-0.2, -0.15) is 18.4 Å². The summed E-state index contributed by atoms with van der Waals surface area (Å²) in [5.74, 6) is -1.85. The van der Waals surface area contributed by atoms with Gasteiger partial charge in [-0.15, -0.1) is 0 Å². The van der Waals surface area contributed by atoms with Crippen LogP contribution in [0.1, 0.15) is 35.3 Å². The molecule has 1 aromatic heterocycles. The lowest BCUT2D eigenvalue weighted by Gasteiger charge is -2.28. The molecule has 212 valence electrons. The van der Waals surface area contributed by atoms with Crippen molar-refractivity contribution in [2.75, 3.05) is 16.4 Å². The fourth-order valence-electron chi connectivity index (χ4n) is 4.21. The van der Waals surface area contributed by atoms with Crippen LogP contribution in [0.25, 0.3) is 0 Å². The van der Waals surface area contributed by atoms with Crippen LogP contribution >= 0.6 is 23.4 Å². The van der Waals surface area contributed by atoms with Gasteiger partial charge in [0, 0.05) is 11.4 Å². The fourth-order valence-corrected chi connectivity index (χ4v) is 5.27. The molecule has 1 aliphatic heterocycles. The molecule has 0 radical (unpaired) electrons. The number of carbonyl (C=O) groups is 2. The lowest BCUT2D eigenvalue weighted by Crippen LogP contribution is -2.31. The Morgan fingerprint density at radius 3 is 2.49 bits per heavy atom. The van der Waals surface area contributed by atoms with Crippen LogP contribution in [0.4, 0.5) is 24.5 Å². The molecule has 3 aromatic rings. The molecular formula is C29H24ClF3N4O3S. The zero-order valence-corrected chi connectivity index (χ0v) is 23.6. The first kappa shape index (κ1) is 29.8. The summed E-state index contributed by atoms with van der Waals surface area (Å²) in [5.41, 5.74) is 2.01. The molecule has 2 heterocycles. The Bertz CT molecular complexity index is 1610. The second-order valence-electron chi connectivity index (χ2n) is 9.25. The highest BCUT2D eigenvalue weighted by molar-refractivity contribution is 8.03. The summed E-state index contributed by atoms with van der Waals surface area (Å²) in [4.78, 5) is 26.2. The summed E-state index contributed by atoms with van der Waals surface area (Å²) in [5, 5.41) is 18.7. The molecule has 7 nitrogen and oxygen atoms in total. The SMILES string of the molecule is CC1=C(C(=O)Nc2cc(C(F)(F)F)ccc2Cl)[C@H](c2ccco2)C(C#N)=C(SCC(=O)Nc2ccc(C)c(C)c2)N1. The zero-order chi connectivity index (χ0) is 29.9. The van der Waals surface area contributed by atoms with Crippen LogP contribution < -0.4 is 16.0 Å². The van der Waals surface area contributed by atoms with E-state index >= 15 is 0 Å². The summed E-state index contributed by atoms with van der Waals surface area (Å²) >= 11 is 7.17. The van der Waals surface area contributed by atoms with Crippen molar-refractivity contribution in [1.82, 2.24) is 5.32 Å². The highest BCUT2D eigenvalue weighted by Gasteiger charge is 2.37. The van der Waals surface area contributed by atoms with Crippen molar-refractivity contribution < 1.29 is 27.2 Å². The summed E-state index contributed by atoms with van der Waals surface area (Å²) in [6.07, 6.45) is -3.26. The number of thioether (sulfide) groups is 1. The van der Waals surface area contributed by atoms with Crippen molar-refractivity contribution in [3.05, 3.63) is 104 Å². The Labute approximate surface area is 243 Å². The monoisotopic (exact) mass is 600 g/mol. The van der Waals surface area contributed by atoms with E-state index in [-0.39, 0.29) is 39.3 Å². The van der Waals surface area contributed by atoms with Gasteiger partial charge in [-0.05, 0) is 74.4 Å². The number of rotatable bonds is 7. The standard InChI is InChI=1S/C29H24ClF3N4O3S/c1-15-6-8-19(11-16(15)2)36-24(38)14-41-28-20(13-34)26(23-5-4-10-40-23)25(17(3)35-28)27(39)37-22-12-18(29(31,32)33)7-9-21(22)30/h4-12,26,35H,14H2,1-3H3,(H,36,38)(H,37,39)/t26-/m0/s1. The molecule has 1 aliphatic rings. The molecule has 0 aliphatic carbocycles. The Kier molecular flexibility index (Phi) is 8.85. The number of hydrogen-bond donors (Lipinski definition) is 3. The Hall–Kier alpha value is -4.14. The van der Waals surface area contributed by atoms with Crippen LogP contribution in [0.3, 0.4) is 0 Å². The molecule has 1 atom stereocenters. The highest BCUT2D eigenvalue weighted by atomic mass is 35.5.